The number of amides is 1. The fraction of sp³-hybridized carbons (Fsp3) is 0.467. The summed E-state index contributed by atoms with van der Waals surface area (Å²) in [5.74, 6) is -0.234. The molecule has 2 aromatic rings. The van der Waals surface area contributed by atoms with Gasteiger partial charge < -0.3 is 5.32 Å². The molecule has 2 heterocycles. The number of thiazole rings is 1. The average molecular weight is 353 g/mol. The van der Waals surface area contributed by atoms with Crippen LogP contribution in [0.1, 0.15) is 26.7 Å². The Morgan fingerprint density at radius 2 is 2.00 bits per heavy atom. The van der Waals surface area contributed by atoms with E-state index in [-0.39, 0.29) is 16.7 Å². The van der Waals surface area contributed by atoms with E-state index in [1.165, 1.54) is 15.6 Å². The van der Waals surface area contributed by atoms with Crippen LogP contribution in [-0.2, 0) is 14.8 Å². The fourth-order valence-corrected chi connectivity index (χ4v) is 4.97. The fourth-order valence-electron chi connectivity index (χ4n) is 2.45. The average Bonchev–Trinajstić information content (AvgIpc) is 3.15. The second-order valence-electron chi connectivity index (χ2n) is 5.90. The maximum atomic E-state index is 12.6. The van der Waals surface area contributed by atoms with Crippen molar-refractivity contribution in [3.63, 3.8) is 0 Å². The highest BCUT2D eigenvalue weighted by atomic mass is 32.2. The lowest BCUT2D eigenvalue weighted by Crippen LogP contribution is -2.27. The molecule has 8 heteroatoms. The first-order valence-electron chi connectivity index (χ1n) is 7.59. The predicted molar refractivity (Wildman–Crippen MR) is 91.1 cm³/mol. The molecule has 124 valence electrons. The molecule has 1 N–H and O–H groups in total. The molecule has 1 aliphatic rings. The van der Waals surface area contributed by atoms with Crippen molar-refractivity contribution in [3.05, 3.63) is 18.2 Å². The monoisotopic (exact) mass is 353 g/mol. The van der Waals surface area contributed by atoms with Gasteiger partial charge in [-0.05, 0) is 31.0 Å². The molecule has 3 rings (SSSR count). The lowest BCUT2D eigenvalue weighted by molar-refractivity contribution is -0.118. The molecule has 1 aliphatic heterocycles. The third kappa shape index (κ3) is 3.24. The SMILES string of the molecule is CC(C)C(=O)Nc1nc2ccc(S(=O)(=O)N3CCCC3)cc2s1. The van der Waals surface area contributed by atoms with Crippen LogP contribution in [0.15, 0.2) is 23.1 Å². The van der Waals surface area contributed by atoms with E-state index < -0.39 is 10.0 Å². The number of anilines is 1. The van der Waals surface area contributed by atoms with Crippen LogP contribution < -0.4 is 5.32 Å². The summed E-state index contributed by atoms with van der Waals surface area (Å²) in [5, 5.41) is 3.25. The molecular weight excluding hydrogens is 334 g/mol. The van der Waals surface area contributed by atoms with Gasteiger partial charge in [-0.3, -0.25) is 4.79 Å². The topological polar surface area (TPSA) is 79.4 Å². The Kier molecular flexibility index (Phi) is 4.39. The summed E-state index contributed by atoms with van der Waals surface area (Å²) in [4.78, 5) is 16.4. The Hall–Kier alpha value is -1.51. The van der Waals surface area contributed by atoms with Gasteiger partial charge in [-0.1, -0.05) is 25.2 Å². The largest absolute Gasteiger partial charge is 0.302 e. The number of sulfonamides is 1. The minimum absolute atomic E-state index is 0.103. The number of hydrogen-bond acceptors (Lipinski definition) is 5. The van der Waals surface area contributed by atoms with Gasteiger partial charge in [-0.15, -0.1) is 0 Å². The lowest BCUT2D eigenvalue weighted by atomic mass is 10.2. The first-order valence-corrected chi connectivity index (χ1v) is 9.85. The van der Waals surface area contributed by atoms with Gasteiger partial charge in [0.15, 0.2) is 5.13 Å². The molecule has 0 atom stereocenters. The molecule has 0 radical (unpaired) electrons. The van der Waals surface area contributed by atoms with Crippen molar-refractivity contribution in [2.45, 2.75) is 31.6 Å². The van der Waals surface area contributed by atoms with E-state index in [4.69, 9.17) is 0 Å². The van der Waals surface area contributed by atoms with Crippen molar-refractivity contribution in [1.82, 2.24) is 9.29 Å². The molecule has 1 aromatic carbocycles. The van der Waals surface area contributed by atoms with Crippen LogP contribution in [0.2, 0.25) is 0 Å². The molecule has 0 unspecified atom stereocenters. The standard InChI is InChI=1S/C15H19N3O3S2/c1-10(2)14(19)17-15-16-12-6-5-11(9-13(12)22-15)23(20,21)18-7-3-4-8-18/h5-6,9-10H,3-4,7-8H2,1-2H3,(H,16,17,19). The molecule has 0 spiro atoms. The molecule has 1 saturated heterocycles. The third-order valence-electron chi connectivity index (χ3n) is 3.82. The first-order chi connectivity index (χ1) is 10.9. The molecule has 1 amide bonds. The second kappa shape index (κ2) is 6.18. The smallest absolute Gasteiger partial charge is 0.243 e. The summed E-state index contributed by atoms with van der Waals surface area (Å²) in [6, 6.07) is 4.93. The first kappa shape index (κ1) is 16.4. The number of nitrogens with one attached hydrogen (secondary N) is 1. The molecule has 23 heavy (non-hydrogen) atoms. The minimum Gasteiger partial charge on any atom is -0.302 e. The molecule has 0 saturated carbocycles. The predicted octanol–water partition coefficient (Wildman–Crippen LogP) is 2.68. The summed E-state index contributed by atoms with van der Waals surface area (Å²) in [5.41, 5.74) is 0.689. The van der Waals surface area contributed by atoms with Crippen LogP contribution in [0, 0.1) is 5.92 Å². The molecule has 1 fully saturated rings. The van der Waals surface area contributed by atoms with Crippen LogP contribution >= 0.6 is 11.3 Å². The van der Waals surface area contributed by atoms with Crippen molar-refractivity contribution >= 4 is 42.6 Å². The number of fused-ring (bicyclic) bond motifs is 1. The van der Waals surface area contributed by atoms with Crippen molar-refractivity contribution in [3.8, 4) is 0 Å². The van der Waals surface area contributed by atoms with Gasteiger partial charge in [-0.25, -0.2) is 13.4 Å². The van der Waals surface area contributed by atoms with E-state index in [1.807, 2.05) is 13.8 Å². The summed E-state index contributed by atoms with van der Waals surface area (Å²) in [6.07, 6.45) is 1.82. The molecule has 0 aliphatic carbocycles. The van der Waals surface area contributed by atoms with Crippen LogP contribution in [0.3, 0.4) is 0 Å². The van der Waals surface area contributed by atoms with E-state index >= 15 is 0 Å². The van der Waals surface area contributed by atoms with E-state index in [0.29, 0.717) is 23.7 Å². The number of aromatic nitrogens is 1. The zero-order valence-electron chi connectivity index (χ0n) is 13.1. The number of nitrogens with zero attached hydrogens (tertiary/aromatic N) is 2. The molecule has 6 nitrogen and oxygen atoms in total. The summed E-state index contributed by atoms with van der Waals surface area (Å²) in [6.45, 7) is 4.78. The molecule has 1 aromatic heterocycles. The number of carbonyl (C=O) groups is 1. The Labute approximate surface area is 139 Å². The zero-order valence-corrected chi connectivity index (χ0v) is 14.7. The molecular formula is C15H19N3O3S2. The van der Waals surface area contributed by atoms with Gasteiger partial charge in [0.1, 0.15) is 0 Å². The van der Waals surface area contributed by atoms with Crippen LogP contribution in [0.4, 0.5) is 5.13 Å². The van der Waals surface area contributed by atoms with Crippen LogP contribution in [0.5, 0.6) is 0 Å². The van der Waals surface area contributed by atoms with Gasteiger partial charge in [0, 0.05) is 19.0 Å². The van der Waals surface area contributed by atoms with Crippen molar-refractivity contribution in [1.29, 1.82) is 0 Å². The Morgan fingerprint density at radius 3 is 2.65 bits per heavy atom. The van der Waals surface area contributed by atoms with Crippen molar-refractivity contribution in [2.75, 3.05) is 18.4 Å². The molecule has 0 bridgehead atoms. The summed E-state index contributed by atoms with van der Waals surface area (Å²) >= 11 is 1.29. The van der Waals surface area contributed by atoms with Gasteiger partial charge >= 0.3 is 0 Å². The van der Waals surface area contributed by atoms with Crippen LogP contribution in [0.25, 0.3) is 10.2 Å². The second-order valence-corrected chi connectivity index (χ2v) is 8.87. The van der Waals surface area contributed by atoms with E-state index in [1.54, 1.807) is 18.2 Å². The van der Waals surface area contributed by atoms with Crippen LogP contribution in [-0.4, -0.2) is 36.7 Å². The van der Waals surface area contributed by atoms with E-state index in [0.717, 1.165) is 17.5 Å². The number of hydrogen-bond donors (Lipinski definition) is 1. The number of carbonyl (C=O) groups excluding carboxylic acids is 1. The van der Waals surface area contributed by atoms with Gasteiger partial charge in [0.05, 0.1) is 15.1 Å². The normalized spacial score (nSPS) is 16.3. The number of rotatable bonds is 4. The van der Waals surface area contributed by atoms with Crippen molar-refractivity contribution < 1.29 is 13.2 Å². The van der Waals surface area contributed by atoms with E-state index in [9.17, 15) is 13.2 Å². The van der Waals surface area contributed by atoms with E-state index in [2.05, 4.69) is 10.3 Å². The Morgan fingerprint density at radius 1 is 1.30 bits per heavy atom. The Balaban J connectivity index is 1.91. The van der Waals surface area contributed by atoms with Gasteiger partial charge in [0.25, 0.3) is 0 Å². The van der Waals surface area contributed by atoms with Gasteiger partial charge in [0.2, 0.25) is 15.9 Å². The Bertz CT molecular complexity index is 837. The highest BCUT2D eigenvalue weighted by Crippen LogP contribution is 2.30. The summed E-state index contributed by atoms with van der Waals surface area (Å²) in [7, 11) is -3.43. The minimum atomic E-state index is -3.43. The third-order valence-corrected chi connectivity index (χ3v) is 6.65. The highest BCUT2D eigenvalue weighted by molar-refractivity contribution is 7.89. The zero-order chi connectivity index (χ0) is 16.6. The highest BCUT2D eigenvalue weighted by Gasteiger charge is 2.27. The quantitative estimate of drug-likeness (QED) is 0.916. The van der Waals surface area contributed by atoms with Gasteiger partial charge in [-0.2, -0.15) is 4.31 Å². The number of benzene rings is 1. The maximum Gasteiger partial charge on any atom is 0.243 e. The van der Waals surface area contributed by atoms with Crippen molar-refractivity contribution in [2.24, 2.45) is 5.92 Å². The maximum absolute atomic E-state index is 12.6. The lowest BCUT2D eigenvalue weighted by Gasteiger charge is -2.15. The summed E-state index contributed by atoms with van der Waals surface area (Å²) < 4.78 is 27.5.